The van der Waals surface area contributed by atoms with Gasteiger partial charge in [0, 0.05) is 23.3 Å². The lowest BCUT2D eigenvalue weighted by Crippen LogP contribution is -2.31. The van der Waals surface area contributed by atoms with Crippen LogP contribution in [0.3, 0.4) is 0 Å². The molecule has 0 atom stereocenters. The minimum Gasteiger partial charge on any atom is -0.493 e. The molecule has 0 fully saturated rings. The third-order valence-corrected chi connectivity index (χ3v) is 6.51. The molecule has 7 heteroatoms. The smallest absolute Gasteiger partial charge is 0.231 e. The van der Waals surface area contributed by atoms with Crippen molar-refractivity contribution in [3.05, 3.63) is 95.5 Å². The highest BCUT2D eigenvalue weighted by atomic mass is 32.1. The summed E-state index contributed by atoms with van der Waals surface area (Å²) < 4.78 is 5.70. The van der Waals surface area contributed by atoms with E-state index in [1.807, 2.05) is 98.1 Å². The van der Waals surface area contributed by atoms with Crippen molar-refractivity contribution < 1.29 is 14.3 Å². The Morgan fingerprint density at radius 1 is 0.917 bits per heavy atom. The molecule has 0 bridgehead atoms. The number of benzene rings is 3. The molecule has 2 amide bonds. The third kappa shape index (κ3) is 6.37. The Balaban J connectivity index is 1.34. The number of carbonyl (C=O) groups is 2. The van der Waals surface area contributed by atoms with Gasteiger partial charge in [0.2, 0.25) is 11.8 Å². The van der Waals surface area contributed by atoms with Gasteiger partial charge in [-0.05, 0) is 55.8 Å². The Labute approximate surface area is 215 Å². The highest BCUT2D eigenvalue weighted by Gasteiger charge is 2.15. The van der Waals surface area contributed by atoms with E-state index in [1.54, 1.807) is 4.90 Å². The predicted molar refractivity (Wildman–Crippen MR) is 146 cm³/mol. The highest BCUT2D eigenvalue weighted by molar-refractivity contribution is 7.13. The van der Waals surface area contributed by atoms with Gasteiger partial charge in [0.1, 0.15) is 10.8 Å². The van der Waals surface area contributed by atoms with E-state index in [-0.39, 0.29) is 18.2 Å². The maximum atomic E-state index is 12.8. The quantitative estimate of drug-likeness (QED) is 0.291. The third-order valence-electron chi connectivity index (χ3n) is 5.59. The predicted octanol–water partition coefficient (Wildman–Crippen LogP) is 5.99. The number of anilines is 2. The van der Waals surface area contributed by atoms with Crippen LogP contribution in [0.2, 0.25) is 0 Å². The van der Waals surface area contributed by atoms with Crippen LogP contribution in [-0.4, -0.2) is 29.9 Å². The number of amides is 2. The standard InChI is InChI=1S/C29H29N3O3S/c1-3-32(24-10-6-5-7-11-24)28(34)18-21-14-16-22(17-15-21)30-27(33)19-23-20-36-29(31-23)25-12-8-9-13-26(25)35-4-2/h5-17,20H,3-4,18-19H2,1-2H3,(H,30,33). The first-order chi connectivity index (χ1) is 17.6. The topological polar surface area (TPSA) is 71.5 Å². The van der Waals surface area contributed by atoms with Crippen LogP contribution in [-0.2, 0) is 22.4 Å². The van der Waals surface area contributed by atoms with Crippen LogP contribution in [0.15, 0.2) is 84.2 Å². The normalized spacial score (nSPS) is 10.6. The molecule has 1 N–H and O–H groups in total. The van der Waals surface area contributed by atoms with Gasteiger partial charge in [-0.15, -0.1) is 11.3 Å². The van der Waals surface area contributed by atoms with Gasteiger partial charge in [0.05, 0.1) is 30.7 Å². The van der Waals surface area contributed by atoms with Gasteiger partial charge < -0.3 is 15.0 Å². The first-order valence-corrected chi connectivity index (χ1v) is 12.9. The minimum absolute atomic E-state index is 0.0331. The molecule has 0 aliphatic rings. The van der Waals surface area contributed by atoms with E-state index in [0.29, 0.717) is 31.0 Å². The molecule has 184 valence electrons. The maximum absolute atomic E-state index is 12.8. The van der Waals surface area contributed by atoms with Crippen molar-refractivity contribution in [2.75, 3.05) is 23.4 Å². The first kappa shape index (κ1) is 25.1. The van der Waals surface area contributed by atoms with E-state index < -0.39 is 0 Å². The van der Waals surface area contributed by atoms with Gasteiger partial charge >= 0.3 is 0 Å². The average molecular weight is 500 g/mol. The van der Waals surface area contributed by atoms with E-state index in [4.69, 9.17) is 4.74 Å². The minimum atomic E-state index is -0.144. The van der Waals surface area contributed by atoms with Crippen molar-refractivity contribution in [2.24, 2.45) is 0 Å². The van der Waals surface area contributed by atoms with Crippen molar-refractivity contribution in [3.8, 4) is 16.3 Å². The van der Waals surface area contributed by atoms with Gasteiger partial charge in [-0.25, -0.2) is 4.98 Å². The fourth-order valence-corrected chi connectivity index (χ4v) is 4.74. The van der Waals surface area contributed by atoms with E-state index >= 15 is 0 Å². The molecular formula is C29H29N3O3S. The van der Waals surface area contributed by atoms with Crippen LogP contribution in [0, 0.1) is 0 Å². The van der Waals surface area contributed by atoms with Gasteiger partial charge in [-0.2, -0.15) is 0 Å². The van der Waals surface area contributed by atoms with E-state index in [1.165, 1.54) is 11.3 Å². The summed E-state index contributed by atoms with van der Waals surface area (Å²) in [7, 11) is 0. The van der Waals surface area contributed by atoms with Crippen LogP contribution < -0.4 is 15.0 Å². The molecule has 36 heavy (non-hydrogen) atoms. The van der Waals surface area contributed by atoms with Crippen LogP contribution in [0.25, 0.3) is 10.6 Å². The lowest BCUT2D eigenvalue weighted by atomic mass is 10.1. The zero-order valence-corrected chi connectivity index (χ0v) is 21.3. The van der Waals surface area contributed by atoms with Crippen molar-refractivity contribution in [1.29, 1.82) is 0 Å². The molecule has 0 aliphatic carbocycles. The fourth-order valence-electron chi connectivity index (χ4n) is 3.89. The molecule has 1 heterocycles. The maximum Gasteiger partial charge on any atom is 0.231 e. The molecule has 0 spiro atoms. The number of para-hydroxylation sites is 2. The Morgan fingerprint density at radius 3 is 2.36 bits per heavy atom. The molecule has 0 saturated heterocycles. The number of carbonyl (C=O) groups excluding carboxylic acids is 2. The van der Waals surface area contributed by atoms with Crippen molar-refractivity contribution in [2.45, 2.75) is 26.7 Å². The monoisotopic (exact) mass is 499 g/mol. The van der Waals surface area contributed by atoms with Crippen molar-refractivity contribution in [1.82, 2.24) is 4.98 Å². The van der Waals surface area contributed by atoms with Gasteiger partial charge in [-0.3, -0.25) is 9.59 Å². The zero-order chi connectivity index (χ0) is 25.3. The van der Waals surface area contributed by atoms with Gasteiger partial charge in [0.25, 0.3) is 0 Å². The summed E-state index contributed by atoms with van der Waals surface area (Å²) in [5, 5.41) is 5.64. The Morgan fingerprint density at radius 2 is 1.64 bits per heavy atom. The number of thiazole rings is 1. The molecule has 4 rings (SSSR count). The summed E-state index contributed by atoms with van der Waals surface area (Å²) >= 11 is 1.49. The highest BCUT2D eigenvalue weighted by Crippen LogP contribution is 2.32. The average Bonchev–Trinajstić information content (AvgIpc) is 3.35. The second-order valence-corrected chi connectivity index (χ2v) is 9.00. The lowest BCUT2D eigenvalue weighted by Gasteiger charge is -2.21. The Hall–Kier alpha value is -3.97. The van der Waals surface area contributed by atoms with E-state index in [9.17, 15) is 9.59 Å². The number of rotatable bonds is 10. The second-order valence-electron chi connectivity index (χ2n) is 8.15. The van der Waals surface area contributed by atoms with Crippen LogP contribution in [0.5, 0.6) is 5.75 Å². The summed E-state index contributed by atoms with van der Waals surface area (Å²) in [4.78, 5) is 31.8. The summed E-state index contributed by atoms with van der Waals surface area (Å²) in [5.74, 6) is 0.676. The number of likely N-dealkylation sites (N-methyl/N-ethyl adjacent to an activating group) is 1. The molecular weight excluding hydrogens is 470 g/mol. The molecule has 6 nitrogen and oxygen atoms in total. The number of nitrogens with one attached hydrogen (secondary N) is 1. The van der Waals surface area contributed by atoms with Crippen molar-refractivity contribution >= 4 is 34.5 Å². The molecule has 0 unspecified atom stereocenters. The molecule has 0 aliphatic heterocycles. The number of nitrogens with zero attached hydrogens (tertiary/aromatic N) is 2. The number of hydrogen-bond acceptors (Lipinski definition) is 5. The molecule has 0 saturated carbocycles. The SMILES string of the molecule is CCOc1ccccc1-c1nc(CC(=O)Nc2ccc(CC(=O)N(CC)c3ccccc3)cc2)cs1. The van der Waals surface area contributed by atoms with E-state index in [0.717, 1.165) is 27.6 Å². The Bertz CT molecular complexity index is 1300. The number of aromatic nitrogens is 1. The molecule has 0 radical (unpaired) electrons. The van der Waals surface area contributed by atoms with Crippen LogP contribution in [0.4, 0.5) is 11.4 Å². The molecule has 1 aromatic heterocycles. The zero-order valence-electron chi connectivity index (χ0n) is 20.4. The number of ether oxygens (including phenoxy) is 1. The summed E-state index contributed by atoms with van der Waals surface area (Å²) in [6.07, 6.45) is 0.470. The van der Waals surface area contributed by atoms with Crippen LogP contribution >= 0.6 is 11.3 Å². The number of hydrogen-bond donors (Lipinski definition) is 1. The van der Waals surface area contributed by atoms with Crippen molar-refractivity contribution in [3.63, 3.8) is 0 Å². The summed E-state index contributed by atoms with van der Waals surface area (Å²) in [6.45, 7) is 5.09. The van der Waals surface area contributed by atoms with Crippen LogP contribution in [0.1, 0.15) is 25.1 Å². The lowest BCUT2D eigenvalue weighted by molar-refractivity contribution is -0.118. The van der Waals surface area contributed by atoms with Gasteiger partial charge in [0.15, 0.2) is 0 Å². The van der Waals surface area contributed by atoms with E-state index in [2.05, 4.69) is 10.3 Å². The first-order valence-electron chi connectivity index (χ1n) is 12.0. The summed E-state index contributed by atoms with van der Waals surface area (Å²) in [6, 6.07) is 24.8. The largest absolute Gasteiger partial charge is 0.493 e. The second kappa shape index (κ2) is 12.1. The fraction of sp³-hybridized carbons (Fsp3) is 0.207. The van der Waals surface area contributed by atoms with Gasteiger partial charge in [-0.1, -0.05) is 42.5 Å². The molecule has 3 aromatic carbocycles. The summed E-state index contributed by atoms with van der Waals surface area (Å²) in [5.41, 5.74) is 4.10. The molecule has 4 aromatic rings. The Kier molecular flexibility index (Phi) is 8.47.